The average Bonchev–Trinajstić information content (AvgIpc) is 2.15. The quantitative estimate of drug-likeness (QED) is 0.611. The maximum absolute atomic E-state index is 3.22. The number of hydrogen-bond acceptors (Lipinski definition) is 1. The fraction of sp³-hybridized carbons (Fsp3) is 0.385. The van der Waals surface area contributed by atoms with Crippen LogP contribution in [0, 0.1) is 18.8 Å². The van der Waals surface area contributed by atoms with Crippen LogP contribution in [0.5, 0.6) is 0 Å². The average molecular weight is 187 g/mol. The van der Waals surface area contributed by atoms with Crippen molar-refractivity contribution in [3.8, 4) is 11.8 Å². The molecule has 0 saturated heterocycles. The molecule has 0 aliphatic heterocycles. The van der Waals surface area contributed by atoms with Gasteiger partial charge in [-0.1, -0.05) is 30.9 Å². The Morgan fingerprint density at radius 1 is 1.29 bits per heavy atom. The van der Waals surface area contributed by atoms with E-state index in [0.29, 0.717) is 0 Å². The summed E-state index contributed by atoms with van der Waals surface area (Å²) < 4.78 is 0. The molecule has 0 radical (unpaired) electrons. The molecule has 1 aromatic carbocycles. The van der Waals surface area contributed by atoms with Crippen LogP contribution in [-0.4, -0.2) is 14.1 Å². The first-order valence-corrected chi connectivity index (χ1v) is 4.92. The van der Waals surface area contributed by atoms with Crippen molar-refractivity contribution in [1.82, 2.24) is 0 Å². The summed E-state index contributed by atoms with van der Waals surface area (Å²) in [6.45, 7) is 4.17. The van der Waals surface area contributed by atoms with Crippen molar-refractivity contribution in [1.29, 1.82) is 0 Å². The second-order valence-corrected chi connectivity index (χ2v) is 3.52. The van der Waals surface area contributed by atoms with Gasteiger partial charge in [0, 0.05) is 20.5 Å². The monoisotopic (exact) mass is 187 g/mol. The van der Waals surface area contributed by atoms with Crippen molar-refractivity contribution in [3.05, 3.63) is 29.3 Å². The van der Waals surface area contributed by atoms with Crippen LogP contribution in [0.25, 0.3) is 0 Å². The lowest BCUT2D eigenvalue weighted by Crippen LogP contribution is -2.10. The molecule has 0 bridgehead atoms. The molecule has 0 aliphatic rings. The molecule has 0 N–H and O–H groups in total. The van der Waals surface area contributed by atoms with E-state index in [9.17, 15) is 0 Å². The van der Waals surface area contributed by atoms with Crippen LogP contribution in [0.15, 0.2) is 18.2 Å². The van der Waals surface area contributed by atoms with Gasteiger partial charge in [-0.25, -0.2) is 0 Å². The van der Waals surface area contributed by atoms with Gasteiger partial charge >= 0.3 is 0 Å². The van der Waals surface area contributed by atoms with Crippen molar-refractivity contribution in [2.24, 2.45) is 0 Å². The van der Waals surface area contributed by atoms with Crippen LogP contribution in [0.2, 0.25) is 0 Å². The highest BCUT2D eigenvalue weighted by molar-refractivity contribution is 5.63. The van der Waals surface area contributed by atoms with Crippen LogP contribution in [0.3, 0.4) is 0 Å². The van der Waals surface area contributed by atoms with Gasteiger partial charge < -0.3 is 4.90 Å². The normalized spacial score (nSPS) is 9.14. The van der Waals surface area contributed by atoms with Crippen LogP contribution >= 0.6 is 0 Å². The maximum Gasteiger partial charge on any atom is 0.0522 e. The van der Waals surface area contributed by atoms with Gasteiger partial charge in [-0.2, -0.15) is 0 Å². The highest BCUT2D eigenvalue weighted by Crippen LogP contribution is 2.20. The number of nitrogens with zero attached hydrogens (tertiary/aromatic N) is 1. The number of aryl methyl sites for hydroxylation is 1. The van der Waals surface area contributed by atoms with E-state index in [1.165, 1.54) is 11.3 Å². The summed E-state index contributed by atoms with van der Waals surface area (Å²) in [5, 5.41) is 0. The molecule has 0 spiro atoms. The topological polar surface area (TPSA) is 3.24 Å². The molecule has 1 nitrogen and oxygen atoms in total. The van der Waals surface area contributed by atoms with E-state index < -0.39 is 0 Å². The molecule has 1 aromatic rings. The largest absolute Gasteiger partial charge is 0.377 e. The second kappa shape index (κ2) is 4.72. The summed E-state index contributed by atoms with van der Waals surface area (Å²) in [5.41, 5.74) is 3.60. The van der Waals surface area contributed by atoms with Crippen molar-refractivity contribution in [2.45, 2.75) is 20.3 Å². The highest BCUT2D eigenvalue weighted by Gasteiger charge is 2.03. The lowest BCUT2D eigenvalue weighted by atomic mass is 10.1. The van der Waals surface area contributed by atoms with Gasteiger partial charge in [0.2, 0.25) is 0 Å². The first kappa shape index (κ1) is 10.7. The second-order valence-electron chi connectivity index (χ2n) is 3.52. The van der Waals surface area contributed by atoms with Crippen LogP contribution in [0.1, 0.15) is 24.5 Å². The molecule has 0 unspecified atom stereocenters. The predicted molar refractivity (Wildman–Crippen MR) is 62.7 cm³/mol. The zero-order valence-electron chi connectivity index (χ0n) is 9.39. The maximum atomic E-state index is 3.22. The number of rotatable bonds is 1. The molecule has 1 rings (SSSR count). The molecule has 0 heterocycles. The minimum absolute atomic E-state index is 0.904. The first-order valence-electron chi connectivity index (χ1n) is 4.92. The summed E-state index contributed by atoms with van der Waals surface area (Å²) in [7, 11) is 4.10. The molecule has 74 valence electrons. The molecule has 0 aromatic heterocycles. The van der Waals surface area contributed by atoms with E-state index in [2.05, 4.69) is 48.8 Å². The molecule has 1 heteroatoms. The minimum Gasteiger partial charge on any atom is -0.377 e. The standard InChI is InChI=1S/C13H17N/c1-5-6-9-12-11(2)8-7-10-13(12)14(3)4/h7-8,10H,5H2,1-4H3. The van der Waals surface area contributed by atoms with Crippen molar-refractivity contribution in [2.75, 3.05) is 19.0 Å². The summed E-state index contributed by atoms with van der Waals surface area (Å²) >= 11 is 0. The fourth-order valence-electron chi connectivity index (χ4n) is 1.36. The van der Waals surface area contributed by atoms with Crippen molar-refractivity contribution < 1.29 is 0 Å². The third-order valence-electron chi connectivity index (χ3n) is 2.12. The summed E-state index contributed by atoms with van der Waals surface area (Å²) in [4.78, 5) is 2.10. The minimum atomic E-state index is 0.904. The number of hydrogen-bond donors (Lipinski definition) is 0. The van der Waals surface area contributed by atoms with Crippen LogP contribution in [-0.2, 0) is 0 Å². The summed E-state index contributed by atoms with van der Waals surface area (Å²) in [5.74, 6) is 6.34. The molecule has 0 fully saturated rings. The van der Waals surface area contributed by atoms with E-state index in [-0.39, 0.29) is 0 Å². The predicted octanol–water partition coefficient (Wildman–Crippen LogP) is 2.82. The van der Waals surface area contributed by atoms with Gasteiger partial charge in [0.25, 0.3) is 0 Å². The smallest absolute Gasteiger partial charge is 0.0522 e. The van der Waals surface area contributed by atoms with Gasteiger partial charge in [-0.3, -0.25) is 0 Å². The summed E-state index contributed by atoms with van der Waals surface area (Å²) in [6.07, 6.45) is 0.904. The molecule has 0 amide bonds. The van der Waals surface area contributed by atoms with Crippen molar-refractivity contribution >= 4 is 5.69 Å². The van der Waals surface area contributed by atoms with E-state index in [1.807, 2.05) is 14.1 Å². The van der Waals surface area contributed by atoms with Gasteiger partial charge in [-0.05, 0) is 18.6 Å². The Morgan fingerprint density at radius 3 is 2.57 bits per heavy atom. The lowest BCUT2D eigenvalue weighted by molar-refractivity contribution is 1.12. The molecular weight excluding hydrogens is 170 g/mol. The summed E-state index contributed by atoms with van der Waals surface area (Å²) in [6, 6.07) is 6.28. The molecule has 0 saturated carbocycles. The number of benzene rings is 1. The zero-order valence-corrected chi connectivity index (χ0v) is 9.39. The highest BCUT2D eigenvalue weighted by atomic mass is 15.1. The van der Waals surface area contributed by atoms with Crippen LogP contribution in [0.4, 0.5) is 5.69 Å². The first-order chi connectivity index (χ1) is 6.66. The lowest BCUT2D eigenvalue weighted by Gasteiger charge is -2.15. The SMILES string of the molecule is CCC#Cc1c(C)cccc1N(C)C. The zero-order chi connectivity index (χ0) is 10.6. The Hall–Kier alpha value is -1.42. The van der Waals surface area contributed by atoms with Gasteiger partial charge in [0.1, 0.15) is 0 Å². The van der Waals surface area contributed by atoms with E-state index in [1.54, 1.807) is 0 Å². The third-order valence-corrected chi connectivity index (χ3v) is 2.12. The Balaban J connectivity index is 3.22. The fourth-order valence-corrected chi connectivity index (χ4v) is 1.36. The Labute approximate surface area is 86.7 Å². The molecule has 0 aliphatic carbocycles. The molecule has 0 atom stereocenters. The Morgan fingerprint density at radius 2 is 2.00 bits per heavy atom. The van der Waals surface area contributed by atoms with E-state index in [4.69, 9.17) is 0 Å². The number of anilines is 1. The van der Waals surface area contributed by atoms with Gasteiger partial charge in [0.05, 0.1) is 11.3 Å². The Kier molecular flexibility index (Phi) is 3.59. The molecule has 14 heavy (non-hydrogen) atoms. The van der Waals surface area contributed by atoms with Gasteiger partial charge in [-0.15, -0.1) is 0 Å². The van der Waals surface area contributed by atoms with E-state index in [0.717, 1.165) is 12.0 Å². The van der Waals surface area contributed by atoms with Crippen molar-refractivity contribution in [3.63, 3.8) is 0 Å². The molecular formula is C13H17N. The third kappa shape index (κ3) is 2.29. The van der Waals surface area contributed by atoms with E-state index >= 15 is 0 Å². The van der Waals surface area contributed by atoms with Crippen LogP contribution < -0.4 is 4.90 Å². The van der Waals surface area contributed by atoms with Gasteiger partial charge in [0.15, 0.2) is 0 Å². The Bertz CT molecular complexity index is 367.